The van der Waals surface area contributed by atoms with Gasteiger partial charge in [0.15, 0.2) is 0 Å². The van der Waals surface area contributed by atoms with Gasteiger partial charge in [0.05, 0.1) is 0 Å². The van der Waals surface area contributed by atoms with Crippen molar-refractivity contribution in [2.75, 3.05) is 13.2 Å². The lowest BCUT2D eigenvalue weighted by atomic mass is 9.98. The molecule has 0 spiro atoms. The van der Waals surface area contributed by atoms with Gasteiger partial charge >= 0.3 is 18.2 Å². The number of hydrogen-bond donors (Lipinski definition) is 3. The Hall–Kier alpha value is -3.56. The first-order chi connectivity index (χ1) is 16.1. The molecule has 0 bridgehead atoms. The van der Waals surface area contributed by atoms with Gasteiger partial charge in [-0.15, -0.1) is 0 Å². The van der Waals surface area contributed by atoms with E-state index in [-0.39, 0.29) is 25.5 Å². The highest BCUT2D eigenvalue weighted by Gasteiger charge is 2.46. The van der Waals surface area contributed by atoms with Crippen LogP contribution in [-0.2, 0) is 14.3 Å². The van der Waals surface area contributed by atoms with E-state index >= 15 is 0 Å². The first-order valence-corrected chi connectivity index (χ1v) is 10.8. The van der Waals surface area contributed by atoms with Crippen LogP contribution >= 0.6 is 0 Å². The van der Waals surface area contributed by atoms with Crippen molar-refractivity contribution in [2.45, 2.75) is 37.9 Å². The Balaban J connectivity index is 1.52. The zero-order chi connectivity index (χ0) is 24.9. The number of amides is 2. The molecule has 1 aliphatic carbocycles. The summed E-state index contributed by atoms with van der Waals surface area (Å²) in [4.78, 5) is 35.0. The number of aliphatic carboxylic acids is 1. The number of carboxylic acids is 1. The Morgan fingerprint density at radius 1 is 1.03 bits per heavy atom. The quantitative estimate of drug-likeness (QED) is 0.504. The molecule has 7 nitrogen and oxygen atoms in total. The van der Waals surface area contributed by atoms with E-state index in [1.165, 1.54) is 5.32 Å². The van der Waals surface area contributed by atoms with E-state index in [0.717, 1.165) is 22.3 Å². The second-order valence-corrected chi connectivity index (χ2v) is 8.07. The summed E-state index contributed by atoms with van der Waals surface area (Å²) in [6, 6.07) is 12.7. The molecule has 182 valence electrons. The maximum absolute atomic E-state index is 12.7. The van der Waals surface area contributed by atoms with Crippen molar-refractivity contribution in [1.82, 2.24) is 10.6 Å². The predicted octanol–water partition coefficient (Wildman–Crippen LogP) is 4.07. The highest BCUT2D eigenvalue weighted by molar-refractivity contribution is 5.84. The number of carbonyl (C=O) groups is 3. The molecule has 10 heteroatoms. The second kappa shape index (κ2) is 10.6. The van der Waals surface area contributed by atoms with Crippen molar-refractivity contribution in [3.63, 3.8) is 0 Å². The number of rotatable bonds is 9. The maximum atomic E-state index is 12.7. The van der Waals surface area contributed by atoms with Gasteiger partial charge < -0.3 is 20.5 Å². The molecular weight excluding hydrogens is 453 g/mol. The lowest BCUT2D eigenvalue weighted by Crippen LogP contribution is -2.51. The van der Waals surface area contributed by atoms with Gasteiger partial charge in [0, 0.05) is 18.9 Å². The molecule has 2 aromatic carbocycles. The highest BCUT2D eigenvalue weighted by atomic mass is 19.4. The smallest absolute Gasteiger partial charge is 0.419 e. The molecule has 2 atom stereocenters. The maximum Gasteiger partial charge on any atom is 0.419 e. The number of alkyl carbamates (subject to hydrolysis) is 1. The van der Waals surface area contributed by atoms with Crippen LogP contribution in [0.3, 0.4) is 0 Å². The van der Waals surface area contributed by atoms with Crippen molar-refractivity contribution in [3.8, 4) is 11.1 Å². The minimum atomic E-state index is -5.11. The SMILES string of the molecule is CCC(CNC(=O)OCC1c2ccccc2-c2ccccc21)CC(=O)NC(C(=O)O)C(F)(F)F. The first kappa shape index (κ1) is 25.1. The summed E-state index contributed by atoms with van der Waals surface area (Å²) in [5.41, 5.74) is 4.28. The summed E-state index contributed by atoms with van der Waals surface area (Å²) in [6.07, 6.45) is -5.82. The number of alkyl halides is 3. The topological polar surface area (TPSA) is 105 Å². The van der Waals surface area contributed by atoms with Crippen LogP contribution in [-0.4, -0.2) is 48.4 Å². The fraction of sp³-hybridized carbons (Fsp3) is 0.375. The third-order valence-electron chi connectivity index (χ3n) is 5.81. The number of benzene rings is 2. The first-order valence-electron chi connectivity index (χ1n) is 10.8. The van der Waals surface area contributed by atoms with E-state index in [9.17, 15) is 27.6 Å². The summed E-state index contributed by atoms with van der Waals surface area (Å²) < 4.78 is 43.6. The van der Waals surface area contributed by atoms with E-state index in [1.807, 2.05) is 48.5 Å². The van der Waals surface area contributed by atoms with Gasteiger partial charge in [0.25, 0.3) is 0 Å². The fourth-order valence-corrected chi connectivity index (χ4v) is 4.00. The van der Waals surface area contributed by atoms with Crippen LogP contribution in [0, 0.1) is 5.92 Å². The molecule has 34 heavy (non-hydrogen) atoms. The monoisotopic (exact) mass is 478 g/mol. The molecule has 0 saturated carbocycles. The molecule has 2 unspecified atom stereocenters. The van der Waals surface area contributed by atoms with Crippen LogP contribution in [0.15, 0.2) is 48.5 Å². The Morgan fingerprint density at radius 2 is 1.59 bits per heavy atom. The number of carboxylic acid groups (broad SMARTS) is 1. The second-order valence-electron chi connectivity index (χ2n) is 8.07. The van der Waals surface area contributed by atoms with Crippen molar-refractivity contribution in [3.05, 3.63) is 59.7 Å². The molecule has 2 aromatic rings. The number of hydrogen-bond acceptors (Lipinski definition) is 4. The van der Waals surface area contributed by atoms with Gasteiger partial charge in [0.1, 0.15) is 6.61 Å². The fourth-order valence-electron chi connectivity index (χ4n) is 4.00. The molecule has 0 aliphatic heterocycles. The lowest BCUT2D eigenvalue weighted by Gasteiger charge is -2.20. The molecule has 3 N–H and O–H groups in total. The minimum Gasteiger partial charge on any atom is -0.479 e. The van der Waals surface area contributed by atoms with Gasteiger partial charge in [0.2, 0.25) is 11.9 Å². The van der Waals surface area contributed by atoms with Crippen LogP contribution in [0.25, 0.3) is 11.1 Å². The van der Waals surface area contributed by atoms with Gasteiger partial charge in [-0.3, -0.25) is 4.79 Å². The Labute approximate surface area is 194 Å². The van der Waals surface area contributed by atoms with Crippen LogP contribution in [0.1, 0.15) is 36.8 Å². The van der Waals surface area contributed by atoms with Crippen molar-refractivity contribution in [1.29, 1.82) is 0 Å². The standard InChI is InChI=1S/C24H25F3N2O5/c1-2-14(11-20(30)29-21(22(31)32)24(25,26)27)12-28-23(33)34-13-19-17-9-5-3-7-15(17)16-8-4-6-10-18(16)19/h3-10,14,19,21H,2,11-13H2,1H3,(H,28,33)(H,29,30)(H,31,32). The molecule has 0 heterocycles. The summed E-state index contributed by atoms with van der Waals surface area (Å²) in [5.74, 6) is -3.87. The summed E-state index contributed by atoms with van der Waals surface area (Å²) in [7, 11) is 0. The molecule has 2 amide bonds. The molecular formula is C24H25F3N2O5. The number of nitrogens with one attached hydrogen (secondary N) is 2. The third kappa shape index (κ3) is 5.86. The average molecular weight is 478 g/mol. The Kier molecular flexibility index (Phi) is 7.80. The zero-order valence-electron chi connectivity index (χ0n) is 18.4. The average Bonchev–Trinajstić information content (AvgIpc) is 3.11. The van der Waals surface area contributed by atoms with Crippen LogP contribution < -0.4 is 10.6 Å². The molecule has 0 fully saturated rings. The van der Waals surface area contributed by atoms with Gasteiger partial charge in [-0.1, -0.05) is 61.9 Å². The van der Waals surface area contributed by atoms with Gasteiger partial charge in [-0.2, -0.15) is 13.2 Å². The largest absolute Gasteiger partial charge is 0.479 e. The Bertz CT molecular complexity index is 1010. The van der Waals surface area contributed by atoms with E-state index < -0.39 is 36.1 Å². The summed E-state index contributed by atoms with van der Waals surface area (Å²) in [6.45, 7) is 1.79. The highest BCUT2D eigenvalue weighted by Crippen LogP contribution is 2.44. The molecule has 0 radical (unpaired) electrons. The molecule has 3 rings (SSSR count). The van der Waals surface area contributed by atoms with E-state index in [4.69, 9.17) is 9.84 Å². The summed E-state index contributed by atoms with van der Waals surface area (Å²) >= 11 is 0. The zero-order valence-corrected chi connectivity index (χ0v) is 18.4. The minimum absolute atomic E-state index is 0.00957. The molecule has 1 aliphatic rings. The van der Waals surface area contributed by atoms with Crippen molar-refractivity contribution in [2.24, 2.45) is 5.92 Å². The number of halogens is 3. The van der Waals surface area contributed by atoms with Crippen molar-refractivity contribution < 1.29 is 37.4 Å². The van der Waals surface area contributed by atoms with Gasteiger partial charge in [-0.05, 0) is 28.2 Å². The van der Waals surface area contributed by atoms with E-state index in [1.54, 1.807) is 6.92 Å². The number of carbonyl (C=O) groups excluding carboxylic acids is 2. The number of ether oxygens (including phenoxy) is 1. The lowest BCUT2D eigenvalue weighted by molar-refractivity contribution is -0.182. The normalized spacial score (nSPS) is 14.5. The predicted molar refractivity (Wildman–Crippen MR) is 117 cm³/mol. The third-order valence-corrected chi connectivity index (χ3v) is 5.81. The Morgan fingerprint density at radius 3 is 2.09 bits per heavy atom. The molecule has 0 saturated heterocycles. The van der Waals surface area contributed by atoms with E-state index in [2.05, 4.69) is 5.32 Å². The number of fused-ring (bicyclic) bond motifs is 3. The van der Waals surface area contributed by atoms with Crippen LogP contribution in [0.2, 0.25) is 0 Å². The van der Waals surface area contributed by atoms with Crippen molar-refractivity contribution >= 4 is 18.0 Å². The molecule has 0 aromatic heterocycles. The summed E-state index contributed by atoms with van der Waals surface area (Å²) in [5, 5.41) is 12.7. The van der Waals surface area contributed by atoms with Gasteiger partial charge in [-0.25, -0.2) is 9.59 Å². The van der Waals surface area contributed by atoms with Crippen LogP contribution in [0.5, 0.6) is 0 Å². The van der Waals surface area contributed by atoms with E-state index in [0.29, 0.717) is 6.42 Å². The van der Waals surface area contributed by atoms with Crippen LogP contribution in [0.4, 0.5) is 18.0 Å².